The maximum Gasteiger partial charge on any atom is 0.331 e. The summed E-state index contributed by atoms with van der Waals surface area (Å²) in [6, 6.07) is 23.1. The van der Waals surface area contributed by atoms with Crippen molar-refractivity contribution in [2.75, 3.05) is 25.6 Å². The zero-order valence-electron chi connectivity index (χ0n) is 19.7. The second-order valence-corrected chi connectivity index (χ2v) is 7.89. The van der Waals surface area contributed by atoms with Crippen LogP contribution in [0.5, 0.6) is 5.75 Å². The molecule has 34 heavy (non-hydrogen) atoms. The largest absolute Gasteiger partial charge is 0.497 e. The molecule has 0 saturated carbocycles. The Bertz CT molecular complexity index is 1150. The molecule has 0 spiro atoms. The minimum absolute atomic E-state index is 0.174. The molecule has 3 aromatic rings. The Morgan fingerprint density at radius 2 is 1.71 bits per heavy atom. The van der Waals surface area contributed by atoms with Crippen LogP contribution in [0.2, 0.25) is 0 Å². The number of benzene rings is 3. The average Bonchev–Trinajstić information content (AvgIpc) is 2.87. The van der Waals surface area contributed by atoms with E-state index >= 15 is 0 Å². The smallest absolute Gasteiger partial charge is 0.331 e. The van der Waals surface area contributed by atoms with Gasteiger partial charge in [-0.05, 0) is 65.4 Å². The number of carboxylic acid groups (broad SMARTS) is 1. The monoisotopic (exact) mass is 458 g/mol. The lowest BCUT2D eigenvalue weighted by Gasteiger charge is -2.19. The zero-order chi connectivity index (χ0) is 24.5. The topological polar surface area (TPSA) is 78.9 Å². The maximum atomic E-state index is 12.7. The highest BCUT2D eigenvalue weighted by atomic mass is 16.5. The zero-order valence-corrected chi connectivity index (χ0v) is 19.7. The number of hydrogen-bond donors (Lipinski definition) is 2. The van der Waals surface area contributed by atoms with E-state index in [0.717, 1.165) is 40.1 Å². The number of aliphatic carboxylic acids is 1. The Labute approximate surface area is 200 Å². The van der Waals surface area contributed by atoms with Gasteiger partial charge < -0.3 is 15.2 Å². The van der Waals surface area contributed by atoms with Crippen molar-refractivity contribution < 1.29 is 19.4 Å². The number of carbonyl (C=O) groups excluding carboxylic acids is 1. The molecule has 0 aromatic heterocycles. The van der Waals surface area contributed by atoms with E-state index in [1.54, 1.807) is 25.1 Å². The van der Waals surface area contributed by atoms with Crippen LogP contribution in [-0.4, -0.2) is 37.8 Å². The van der Waals surface area contributed by atoms with Gasteiger partial charge in [0.1, 0.15) is 5.75 Å². The van der Waals surface area contributed by atoms with E-state index in [2.05, 4.69) is 5.32 Å². The van der Waals surface area contributed by atoms with E-state index in [1.165, 1.54) is 0 Å². The lowest BCUT2D eigenvalue weighted by Crippen LogP contribution is -2.38. The number of nitrogens with one attached hydrogen (secondary N) is 1. The molecule has 3 rings (SSSR count). The normalized spacial score (nSPS) is 11.1. The summed E-state index contributed by atoms with van der Waals surface area (Å²) >= 11 is 0. The molecule has 0 bridgehead atoms. The van der Waals surface area contributed by atoms with E-state index in [4.69, 9.17) is 4.74 Å². The molecular formula is C28H30N2O4. The molecule has 0 aliphatic carbocycles. The van der Waals surface area contributed by atoms with Gasteiger partial charge in [0.2, 0.25) is 0 Å². The Balaban J connectivity index is 1.63. The van der Waals surface area contributed by atoms with E-state index in [9.17, 15) is 14.7 Å². The summed E-state index contributed by atoms with van der Waals surface area (Å²) in [6.07, 6.45) is 2.88. The molecule has 2 N–H and O–H groups in total. The van der Waals surface area contributed by atoms with Crippen LogP contribution in [0.1, 0.15) is 24.5 Å². The van der Waals surface area contributed by atoms with Crippen molar-refractivity contribution in [1.82, 2.24) is 5.32 Å². The molecular weight excluding hydrogens is 428 g/mol. The highest BCUT2D eigenvalue weighted by molar-refractivity contribution is 5.93. The van der Waals surface area contributed by atoms with Crippen LogP contribution in [0.25, 0.3) is 17.2 Å². The van der Waals surface area contributed by atoms with Gasteiger partial charge in [-0.15, -0.1) is 0 Å². The number of anilines is 1. The molecule has 0 fully saturated rings. The molecule has 0 unspecified atom stereocenters. The van der Waals surface area contributed by atoms with Gasteiger partial charge in [-0.1, -0.05) is 55.5 Å². The first-order valence-corrected chi connectivity index (χ1v) is 11.2. The van der Waals surface area contributed by atoms with Crippen LogP contribution in [0.15, 0.2) is 78.4 Å². The van der Waals surface area contributed by atoms with Gasteiger partial charge in [0.15, 0.2) is 0 Å². The van der Waals surface area contributed by atoms with Crippen LogP contribution < -0.4 is 15.0 Å². The molecule has 0 saturated heterocycles. The van der Waals surface area contributed by atoms with E-state index in [1.807, 2.05) is 79.7 Å². The number of amides is 2. The van der Waals surface area contributed by atoms with Gasteiger partial charge >= 0.3 is 12.0 Å². The number of rotatable bonds is 9. The van der Waals surface area contributed by atoms with Crippen LogP contribution in [-0.2, 0) is 11.2 Å². The minimum atomic E-state index is -0.899. The maximum absolute atomic E-state index is 12.7. The molecule has 0 heterocycles. The predicted octanol–water partition coefficient (Wildman–Crippen LogP) is 5.63. The molecule has 0 atom stereocenters. The molecule has 2 amide bonds. The summed E-state index contributed by atoms with van der Waals surface area (Å²) in [5.74, 6) is -0.0888. The number of carboxylic acids is 1. The van der Waals surface area contributed by atoms with Crippen molar-refractivity contribution in [3.05, 3.63) is 89.5 Å². The summed E-state index contributed by atoms with van der Waals surface area (Å²) < 4.78 is 5.17. The minimum Gasteiger partial charge on any atom is -0.497 e. The van der Waals surface area contributed by atoms with E-state index < -0.39 is 5.97 Å². The predicted molar refractivity (Wildman–Crippen MR) is 136 cm³/mol. The average molecular weight is 459 g/mol. The lowest BCUT2D eigenvalue weighted by molar-refractivity contribution is -0.132. The molecule has 0 aliphatic rings. The number of hydrogen-bond acceptors (Lipinski definition) is 3. The van der Waals surface area contributed by atoms with Gasteiger partial charge in [0.25, 0.3) is 0 Å². The second-order valence-electron chi connectivity index (χ2n) is 7.89. The quantitative estimate of drug-likeness (QED) is 0.408. The van der Waals surface area contributed by atoms with Crippen LogP contribution in [0.3, 0.4) is 0 Å². The van der Waals surface area contributed by atoms with Crippen LogP contribution in [0, 0.1) is 0 Å². The first-order valence-electron chi connectivity index (χ1n) is 11.2. The van der Waals surface area contributed by atoms with Crippen molar-refractivity contribution in [2.24, 2.45) is 0 Å². The second kappa shape index (κ2) is 11.7. The summed E-state index contributed by atoms with van der Waals surface area (Å²) in [5.41, 5.74) is 5.07. The van der Waals surface area contributed by atoms with E-state index in [-0.39, 0.29) is 6.03 Å². The van der Waals surface area contributed by atoms with Crippen molar-refractivity contribution in [1.29, 1.82) is 0 Å². The Morgan fingerprint density at radius 3 is 2.32 bits per heavy atom. The third-order valence-corrected chi connectivity index (χ3v) is 5.63. The van der Waals surface area contributed by atoms with Gasteiger partial charge in [0.05, 0.1) is 7.11 Å². The van der Waals surface area contributed by atoms with Gasteiger partial charge in [-0.2, -0.15) is 0 Å². The summed E-state index contributed by atoms with van der Waals surface area (Å²) in [7, 11) is 3.38. The standard InChI is InChI=1S/C28H30N2O4/c1-4-22(27(31)32)18-21-8-12-23(13-9-21)24-6-5-7-25(19-24)30(2)28(33)29-17-16-20-10-14-26(34-3)15-11-20/h5-15,18-19H,4,16-17H2,1-3H3,(H,29,33)(H,31,32)/b22-18-. The fourth-order valence-corrected chi connectivity index (χ4v) is 3.52. The first-order chi connectivity index (χ1) is 16.4. The third kappa shape index (κ3) is 6.48. The Morgan fingerprint density at radius 1 is 1.00 bits per heavy atom. The van der Waals surface area contributed by atoms with Crippen molar-refractivity contribution in [2.45, 2.75) is 19.8 Å². The Kier molecular flexibility index (Phi) is 8.46. The highest BCUT2D eigenvalue weighted by Gasteiger charge is 2.11. The number of ether oxygens (including phenoxy) is 1. The molecule has 6 heteroatoms. The molecule has 0 aliphatic heterocycles. The molecule has 176 valence electrons. The van der Waals surface area contributed by atoms with Gasteiger partial charge in [0, 0.05) is 24.9 Å². The highest BCUT2D eigenvalue weighted by Crippen LogP contribution is 2.25. The lowest BCUT2D eigenvalue weighted by atomic mass is 10.0. The van der Waals surface area contributed by atoms with Crippen LogP contribution >= 0.6 is 0 Å². The number of methoxy groups -OCH3 is 1. The van der Waals surface area contributed by atoms with Crippen molar-refractivity contribution >= 4 is 23.8 Å². The molecule has 0 radical (unpaired) electrons. The SMILES string of the molecule is CC/C(=C/c1ccc(-c2cccc(N(C)C(=O)NCCc3ccc(OC)cc3)c2)cc1)C(=O)O. The molecule has 3 aromatic carbocycles. The fraction of sp³-hybridized carbons (Fsp3) is 0.214. The first kappa shape index (κ1) is 24.6. The van der Waals surface area contributed by atoms with Crippen LogP contribution in [0.4, 0.5) is 10.5 Å². The van der Waals surface area contributed by atoms with Gasteiger partial charge in [-0.3, -0.25) is 4.90 Å². The number of nitrogens with zero attached hydrogens (tertiary/aromatic N) is 1. The fourth-order valence-electron chi connectivity index (χ4n) is 3.52. The summed E-state index contributed by atoms with van der Waals surface area (Å²) in [4.78, 5) is 25.5. The van der Waals surface area contributed by atoms with Crippen molar-refractivity contribution in [3.8, 4) is 16.9 Å². The third-order valence-electron chi connectivity index (χ3n) is 5.63. The van der Waals surface area contributed by atoms with Gasteiger partial charge in [-0.25, -0.2) is 9.59 Å². The summed E-state index contributed by atoms with van der Waals surface area (Å²) in [6.45, 7) is 2.35. The van der Waals surface area contributed by atoms with E-state index in [0.29, 0.717) is 18.5 Å². The molecule has 6 nitrogen and oxygen atoms in total. The van der Waals surface area contributed by atoms with Crippen molar-refractivity contribution in [3.63, 3.8) is 0 Å². The number of urea groups is 1. The summed E-state index contributed by atoms with van der Waals surface area (Å²) in [5, 5.41) is 12.2. The number of carbonyl (C=O) groups is 2. The Hall–Kier alpha value is -4.06.